The van der Waals surface area contributed by atoms with E-state index >= 15 is 0 Å². The zero-order chi connectivity index (χ0) is 9.26. The van der Waals surface area contributed by atoms with Crippen LogP contribution in [0.15, 0.2) is 28.1 Å². The highest BCUT2D eigenvalue weighted by Crippen LogP contribution is 2.25. The molecule has 0 N–H and O–H groups in total. The predicted octanol–water partition coefficient (Wildman–Crippen LogP) is 2.78. The van der Waals surface area contributed by atoms with Crippen LogP contribution in [0.4, 0.5) is 0 Å². The van der Waals surface area contributed by atoms with Crippen molar-refractivity contribution in [2.75, 3.05) is 0 Å². The summed E-state index contributed by atoms with van der Waals surface area (Å²) in [7, 11) is 0. The number of carbonyl (C=O) groups is 1. The molecule has 0 amide bonds. The Balaban J connectivity index is 2.39. The van der Waals surface area contributed by atoms with Crippen molar-refractivity contribution in [3.05, 3.63) is 29.3 Å². The number of thiophene rings is 1. The quantitative estimate of drug-likeness (QED) is 0.721. The van der Waals surface area contributed by atoms with E-state index in [4.69, 9.17) is 16.1 Å². The standard InChI is InChI=1S/C8H4ClNO2S/c9-8(11)5-4-6(12-10-5)7-2-1-3-13-7/h1-4H. The zero-order valence-corrected chi connectivity index (χ0v) is 7.93. The van der Waals surface area contributed by atoms with E-state index in [1.807, 2.05) is 17.5 Å². The summed E-state index contributed by atoms with van der Waals surface area (Å²) < 4.78 is 4.93. The van der Waals surface area contributed by atoms with E-state index in [1.165, 1.54) is 17.4 Å². The SMILES string of the molecule is O=C(Cl)c1cc(-c2cccs2)on1. The fourth-order valence-electron chi connectivity index (χ4n) is 0.903. The summed E-state index contributed by atoms with van der Waals surface area (Å²) in [5, 5.41) is 4.83. The molecule has 0 fully saturated rings. The first kappa shape index (κ1) is 8.47. The van der Waals surface area contributed by atoms with E-state index in [9.17, 15) is 4.79 Å². The third kappa shape index (κ3) is 1.64. The van der Waals surface area contributed by atoms with Crippen molar-refractivity contribution in [3.8, 4) is 10.6 Å². The highest BCUT2D eigenvalue weighted by molar-refractivity contribution is 7.13. The third-order valence-corrected chi connectivity index (χ3v) is 2.55. The van der Waals surface area contributed by atoms with Crippen LogP contribution in [-0.2, 0) is 0 Å². The number of hydrogen-bond donors (Lipinski definition) is 0. The molecule has 0 bridgehead atoms. The summed E-state index contributed by atoms with van der Waals surface area (Å²) in [6.45, 7) is 0. The van der Waals surface area contributed by atoms with Crippen LogP contribution in [0.2, 0.25) is 0 Å². The van der Waals surface area contributed by atoms with Crippen LogP contribution in [0, 0.1) is 0 Å². The van der Waals surface area contributed by atoms with Gasteiger partial charge in [0.2, 0.25) is 0 Å². The Kier molecular flexibility index (Phi) is 2.16. The molecule has 0 atom stereocenters. The van der Waals surface area contributed by atoms with E-state index < -0.39 is 5.24 Å². The molecular formula is C8H4ClNO2S. The molecule has 2 aromatic rings. The Hall–Kier alpha value is -1.13. The van der Waals surface area contributed by atoms with Crippen molar-refractivity contribution in [1.29, 1.82) is 0 Å². The fourth-order valence-corrected chi connectivity index (χ4v) is 1.67. The van der Waals surface area contributed by atoms with E-state index in [1.54, 1.807) is 0 Å². The van der Waals surface area contributed by atoms with E-state index in [-0.39, 0.29) is 5.69 Å². The van der Waals surface area contributed by atoms with Crippen LogP contribution < -0.4 is 0 Å². The summed E-state index contributed by atoms with van der Waals surface area (Å²) >= 11 is 6.73. The summed E-state index contributed by atoms with van der Waals surface area (Å²) in [5.41, 5.74) is 0.144. The molecule has 0 spiro atoms. The Morgan fingerprint density at radius 2 is 2.46 bits per heavy atom. The highest BCUT2D eigenvalue weighted by Gasteiger charge is 2.11. The van der Waals surface area contributed by atoms with E-state index in [2.05, 4.69) is 5.16 Å². The van der Waals surface area contributed by atoms with Gasteiger partial charge in [-0.1, -0.05) is 11.2 Å². The minimum atomic E-state index is -0.605. The van der Waals surface area contributed by atoms with Gasteiger partial charge in [-0.25, -0.2) is 0 Å². The molecule has 0 aliphatic heterocycles. The fraction of sp³-hybridized carbons (Fsp3) is 0. The Labute approximate surface area is 82.9 Å². The van der Waals surface area contributed by atoms with Gasteiger partial charge in [-0.05, 0) is 23.0 Å². The van der Waals surface area contributed by atoms with Gasteiger partial charge in [0.15, 0.2) is 11.5 Å². The smallest absolute Gasteiger partial charge is 0.274 e. The topological polar surface area (TPSA) is 43.1 Å². The second-order valence-corrected chi connectivity index (χ2v) is 3.62. The van der Waals surface area contributed by atoms with Gasteiger partial charge in [-0.15, -0.1) is 11.3 Å². The highest BCUT2D eigenvalue weighted by atomic mass is 35.5. The Bertz CT molecular complexity index is 421. The van der Waals surface area contributed by atoms with Gasteiger partial charge >= 0.3 is 0 Å². The van der Waals surface area contributed by atoms with Crippen LogP contribution in [-0.4, -0.2) is 10.4 Å². The summed E-state index contributed by atoms with van der Waals surface area (Å²) in [4.78, 5) is 11.6. The van der Waals surface area contributed by atoms with Crippen molar-refractivity contribution in [2.24, 2.45) is 0 Å². The van der Waals surface area contributed by atoms with Crippen molar-refractivity contribution in [1.82, 2.24) is 5.16 Å². The molecule has 66 valence electrons. The lowest BCUT2D eigenvalue weighted by atomic mass is 10.3. The minimum absolute atomic E-state index is 0.144. The molecule has 0 aliphatic carbocycles. The second-order valence-electron chi connectivity index (χ2n) is 2.33. The first-order valence-electron chi connectivity index (χ1n) is 3.48. The second kappa shape index (κ2) is 3.32. The molecule has 0 aromatic carbocycles. The molecule has 2 rings (SSSR count). The summed E-state index contributed by atoms with van der Waals surface area (Å²) in [5.74, 6) is 0.569. The number of halogens is 1. The van der Waals surface area contributed by atoms with Gasteiger partial charge in [-0.3, -0.25) is 4.79 Å². The largest absolute Gasteiger partial charge is 0.355 e. The number of aromatic nitrogens is 1. The van der Waals surface area contributed by atoms with Gasteiger partial charge in [0, 0.05) is 6.07 Å². The molecule has 2 aromatic heterocycles. The van der Waals surface area contributed by atoms with Gasteiger partial charge in [0.1, 0.15) is 0 Å². The van der Waals surface area contributed by atoms with Gasteiger partial charge < -0.3 is 4.52 Å². The normalized spacial score (nSPS) is 10.2. The molecule has 0 unspecified atom stereocenters. The Morgan fingerprint density at radius 1 is 1.62 bits per heavy atom. The average Bonchev–Trinajstić information content (AvgIpc) is 2.75. The Morgan fingerprint density at radius 3 is 3.00 bits per heavy atom. The van der Waals surface area contributed by atoms with E-state index in [0.29, 0.717) is 5.76 Å². The molecule has 5 heteroatoms. The summed E-state index contributed by atoms with van der Waals surface area (Å²) in [6.07, 6.45) is 0. The monoisotopic (exact) mass is 213 g/mol. The van der Waals surface area contributed by atoms with Gasteiger partial charge in [0.05, 0.1) is 4.88 Å². The molecule has 0 saturated carbocycles. The van der Waals surface area contributed by atoms with Crippen molar-refractivity contribution >= 4 is 28.2 Å². The maximum Gasteiger partial charge on any atom is 0.274 e. The first-order chi connectivity index (χ1) is 6.27. The minimum Gasteiger partial charge on any atom is -0.355 e. The zero-order valence-electron chi connectivity index (χ0n) is 6.36. The van der Waals surface area contributed by atoms with Crippen molar-refractivity contribution in [3.63, 3.8) is 0 Å². The number of rotatable bonds is 2. The van der Waals surface area contributed by atoms with Crippen molar-refractivity contribution in [2.45, 2.75) is 0 Å². The predicted molar refractivity (Wildman–Crippen MR) is 50.0 cm³/mol. The lowest BCUT2D eigenvalue weighted by molar-refractivity contribution is 0.107. The molecular weight excluding hydrogens is 210 g/mol. The molecule has 3 nitrogen and oxygen atoms in total. The van der Waals surface area contributed by atoms with Crippen LogP contribution in [0.5, 0.6) is 0 Å². The van der Waals surface area contributed by atoms with Gasteiger partial charge in [0.25, 0.3) is 5.24 Å². The molecule has 13 heavy (non-hydrogen) atoms. The summed E-state index contributed by atoms with van der Waals surface area (Å²) in [6, 6.07) is 5.31. The molecule has 0 radical (unpaired) electrons. The number of hydrogen-bond acceptors (Lipinski definition) is 4. The molecule has 0 aliphatic rings. The lowest BCUT2D eigenvalue weighted by Crippen LogP contribution is -1.85. The maximum atomic E-state index is 10.7. The van der Waals surface area contributed by atoms with E-state index in [0.717, 1.165) is 4.88 Å². The first-order valence-corrected chi connectivity index (χ1v) is 4.73. The molecule has 0 saturated heterocycles. The lowest BCUT2D eigenvalue weighted by Gasteiger charge is -1.82. The van der Waals surface area contributed by atoms with Crippen molar-refractivity contribution < 1.29 is 9.32 Å². The third-order valence-electron chi connectivity index (χ3n) is 1.48. The average molecular weight is 214 g/mol. The number of carbonyl (C=O) groups excluding carboxylic acids is 1. The van der Waals surface area contributed by atoms with Crippen LogP contribution >= 0.6 is 22.9 Å². The maximum absolute atomic E-state index is 10.7. The van der Waals surface area contributed by atoms with Crippen LogP contribution in [0.1, 0.15) is 10.5 Å². The van der Waals surface area contributed by atoms with Crippen LogP contribution in [0.25, 0.3) is 10.6 Å². The van der Waals surface area contributed by atoms with Crippen LogP contribution in [0.3, 0.4) is 0 Å². The van der Waals surface area contributed by atoms with Gasteiger partial charge in [-0.2, -0.15) is 0 Å². The molecule has 2 heterocycles. The number of nitrogens with zero attached hydrogens (tertiary/aromatic N) is 1.